The Balaban J connectivity index is 2.25. The molecule has 1 fully saturated rings. The second-order valence-corrected chi connectivity index (χ2v) is 4.77. The predicted molar refractivity (Wildman–Crippen MR) is 56.6 cm³/mol. The molecule has 0 radical (unpaired) electrons. The molecule has 1 unspecified atom stereocenters. The van der Waals surface area contributed by atoms with Crippen molar-refractivity contribution < 1.29 is 9.90 Å². The summed E-state index contributed by atoms with van der Waals surface area (Å²) in [6, 6.07) is 0. The molecule has 0 amide bonds. The van der Waals surface area contributed by atoms with E-state index in [0.29, 0.717) is 11.8 Å². The van der Waals surface area contributed by atoms with Crippen LogP contribution in [-0.2, 0) is 4.79 Å². The first kappa shape index (κ1) is 9.58. The molecule has 1 N–H and O–H groups in total. The zero-order valence-electron chi connectivity index (χ0n) is 7.93. The Morgan fingerprint density at radius 2 is 2.57 bits per heavy atom. The van der Waals surface area contributed by atoms with Gasteiger partial charge in [-0.05, 0) is 13.0 Å². The molecule has 2 heterocycles. The van der Waals surface area contributed by atoms with Gasteiger partial charge in [-0.25, -0.2) is 9.79 Å². The molecule has 0 saturated carbocycles. The first-order valence-corrected chi connectivity index (χ1v) is 5.62. The molecule has 76 valence electrons. The second-order valence-electron chi connectivity index (χ2n) is 3.32. The van der Waals surface area contributed by atoms with Crippen LogP contribution in [0.2, 0.25) is 0 Å². The van der Waals surface area contributed by atoms with E-state index in [0.717, 1.165) is 18.1 Å². The summed E-state index contributed by atoms with van der Waals surface area (Å²) in [5.74, 6) is 1.08. The van der Waals surface area contributed by atoms with E-state index in [1.165, 1.54) is 0 Å². The molecule has 14 heavy (non-hydrogen) atoms. The lowest BCUT2D eigenvalue weighted by atomic mass is 10.2. The normalized spacial score (nSPS) is 26.4. The van der Waals surface area contributed by atoms with Crippen molar-refractivity contribution in [2.45, 2.75) is 12.2 Å². The van der Waals surface area contributed by atoms with Crippen molar-refractivity contribution in [2.75, 3.05) is 18.8 Å². The highest BCUT2D eigenvalue weighted by Gasteiger charge is 2.27. The van der Waals surface area contributed by atoms with Crippen LogP contribution in [0.25, 0.3) is 0 Å². The lowest BCUT2D eigenvalue weighted by Crippen LogP contribution is -2.44. The molecule has 2 aliphatic heterocycles. The van der Waals surface area contributed by atoms with E-state index in [9.17, 15) is 4.79 Å². The molecule has 0 aliphatic carbocycles. The van der Waals surface area contributed by atoms with Crippen LogP contribution in [-0.4, -0.2) is 45.9 Å². The third-order valence-electron chi connectivity index (χ3n) is 2.38. The van der Waals surface area contributed by atoms with Crippen LogP contribution in [0.4, 0.5) is 0 Å². The summed E-state index contributed by atoms with van der Waals surface area (Å²) in [6.45, 7) is 3.73. The van der Waals surface area contributed by atoms with Gasteiger partial charge in [0.05, 0.1) is 5.25 Å². The zero-order chi connectivity index (χ0) is 10.1. The van der Waals surface area contributed by atoms with Crippen LogP contribution < -0.4 is 0 Å². The number of aliphatic carboxylic acids is 1. The third kappa shape index (κ3) is 1.64. The van der Waals surface area contributed by atoms with Gasteiger partial charge in [0.1, 0.15) is 11.5 Å². The minimum atomic E-state index is -0.931. The van der Waals surface area contributed by atoms with Crippen LogP contribution >= 0.6 is 11.8 Å². The first-order valence-electron chi connectivity index (χ1n) is 4.57. The van der Waals surface area contributed by atoms with Crippen LogP contribution in [0.1, 0.15) is 6.92 Å². The Kier molecular flexibility index (Phi) is 2.50. The van der Waals surface area contributed by atoms with Gasteiger partial charge in [0.25, 0.3) is 0 Å². The number of aliphatic imine (C=N–C) groups is 1. The molecule has 0 spiro atoms. The van der Waals surface area contributed by atoms with Gasteiger partial charge in [0.15, 0.2) is 0 Å². The molecule has 1 saturated heterocycles. The summed E-state index contributed by atoms with van der Waals surface area (Å²) in [4.78, 5) is 17.0. The predicted octanol–water partition coefficient (Wildman–Crippen LogP) is 0.804. The summed E-state index contributed by atoms with van der Waals surface area (Å²) in [7, 11) is 0. The number of hydrogen-bond acceptors (Lipinski definition) is 4. The Morgan fingerprint density at radius 3 is 3.29 bits per heavy atom. The van der Waals surface area contributed by atoms with Crippen molar-refractivity contribution >= 4 is 23.6 Å². The van der Waals surface area contributed by atoms with E-state index in [2.05, 4.69) is 16.8 Å². The third-order valence-corrected chi connectivity index (χ3v) is 3.50. The summed E-state index contributed by atoms with van der Waals surface area (Å²) in [5, 5.41) is 9.13. The van der Waals surface area contributed by atoms with Crippen LogP contribution in [0.3, 0.4) is 0 Å². The molecule has 2 rings (SSSR count). The van der Waals surface area contributed by atoms with Crippen molar-refractivity contribution in [2.24, 2.45) is 4.99 Å². The second kappa shape index (κ2) is 3.65. The first-order chi connectivity index (χ1) is 6.68. The van der Waals surface area contributed by atoms with E-state index in [4.69, 9.17) is 5.11 Å². The smallest absolute Gasteiger partial charge is 0.354 e. The molecule has 1 atom stereocenters. The number of hydrogen-bond donors (Lipinski definition) is 1. The minimum absolute atomic E-state index is 0.186. The number of rotatable bonds is 1. The monoisotopic (exact) mass is 212 g/mol. The Morgan fingerprint density at radius 1 is 1.79 bits per heavy atom. The topological polar surface area (TPSA) is 52.9 Å². The van der Waals surface area contributed by atoms with Gasteiger partial charge in [0, 0.05) is 18.8 Å². The Labute approximate surface area is 86.7 Å². The van der Waals surface area contributed by atoms with Crippen molar-refractivity contribution in [3.8, 4) is 0 Å². The van der Waals surface area contributed by atoms with Gasteiger partial charge in [0.2, 0.25) is 0 Å². The van der Waals surface area contributed by atoms with Crippen LogP contribution in [0.5, 0.6) is 0 Å². The van der Waals surface area contributed by atoms with Crippen LogP contribution in [0.15, 0.2) is 16.8 Å². The quantitative estimate of drug-likeness (QED) is 0.698. The molecular formula is C9H12N2O2S. The van der Waals surface area contributed by atoms with Gasteiger partial charge in [-0.2, -0.15) is 0 Å². The molecule has 0 bridgehead atoms. The van der Waals surface area contributed by atoms with Crippen molar-refractivity contribution in [3.05, 3.63) is 11.8 Å². The lowest BCUT2D eigenvalue weighted by Gasteiger charge is -2.35. The summed E-state index contributed by atoms with van der Waals surface area (Å²) in [6.07, 6.45) is 1.68. The maximum absolute atomic E-state index is 10.7. The zero-order valence-corrected chi connectivity index (χ0v) is 8.75. The minimum Gasteiger partial charge on any atom is -0.477 e. The molecule has 0 aromatic carbocycles. The number of fused-ring (bicyclic) bond motifs is 1. The average Bonchev–Trinajstić information content (AvgIpc) is 2.18. The summed E-state index contributed by atoms with van der Waals surface area (Å²) >= 11 is 1.82. The fourth-order valence-corrected chi connectivity index (χ4v) is 2.66. The van der Waals surface area contributed by atoms with E-state index in [-0.39, 0.29) is 5.70 Å². The highest BCUT2D eigenvalue weighted by molar-refractivity contribution is 8.00. The Hall–Kier alpha value is -0.970. The maximum atomic E-state index is 10.7. The highest BCUT2D eigenvalue weighted by atomic mass is 32.2. The fourth-order valence-electron chi connectivity index (χ4n) is 1.63. The van der Waals surface area contributed by atoms with Crippen molar-refractivity contribution in [3.63, 3.8) is 0 Å². The van der Waals surface area contributed by atoms with E-state index in [1.807, 2.05) is 11.8 Å². The van der Waals surface area contributed by atoms with Gasteiger partial charge in [-0.15, -0.1) is 11.8 Å². The molecule has 0 aromatic heterocycles. The number of carboxylic acid groups (broad SMARTS) is 1. The van der Waals surface area contributed by atoms with Crippen molar-refractivity contribution in [1.82, 2.24) is 4.90 Å². The fraction of sp³-hybridized carbons (Fsp3) is 0.556. The van der Waals surface area contributed by atoms with E-state index in [1.54, 1.807) is 6.08 Å². The lowest BCUT2D eigenvalue weighted by molar-refractivity contribution is -0.132. The summed E-state index contributed by atoms with van der Waals surface area (Å²) in [5.41, 5.74) is 0.186. The van der Waals surface area contributed by atoms with Gasteiger partial charge < -0.3 is 10.0 Å². The maximum Gasteiger partial charge on any atom is 0.354 e. The van der Waals surface area contributed by atoms with Crippen molar-refractivity contribution in [1.29, 1.82) is 0 Å². The molecular weight excluding hydrogens is 200 g/mol. The van der Waals surface area contributed by atoms with Gasteiger partial charge >= 0.3 is 5.97 Å². The van der Waals surface area contributed by atoms with E-state index < -0.39 is 5.97 Å². The largest absolute Gasteiger partial charge is 0.477 e. The molecule has 4 nitrogen and oxygen atoms in total. The molecule has 5 heteroatoms. The number of nitrogens with zero attached hydrogens (tertiary/aromatic N) is 2. The van der Waals surface area contributed by atoms with E-state index >= 15 is 0 Å². The number of carboxylic acids is 1. The number of carbonyl (C=O) groups is 1. The summed E-state index contributed by atoms with van der Waals surface area (Å²) < 4.78 is 0. The highest BCUT2D eigenvalue weighted by Crippen LogP contribution is 2.23. The SMILES string of the molecule is CC1SCCN2CC=C(C(=O)O)N=C12. The van der Waals surface area contributed by atoms with Gasteiger partial charge in [-0.3, -0.25) is 0 Å². The molecule has 2 aliphatic rings. The molecule has 0 aromatic rings. The Bertz CT molecular complexity index is 325. The average molecular weight is 212 g/mol. The standard InChI is InChI=1S/C9H12N2O2S/c1-6-8-10-7(9(12)13)2-3-11(8)4-5-14-6/h2,6H,3-5H2,1H3,(H,12,13). The van der Waals surface area contributed by atoms with Gasteiger partial charge in [-0.1, -0.05) is 0 Å². The number of thioether (sulfide) groups is 1. The number of amidine groups is 1. The van der Waals surface area contributed by atoms with Crippen LogP contribution in [0, 0.1) is 0 Å².